The molecule has 1 aromatic heterocycles. The first kappa shape index (κ1) is 16.4. The van der Waals surface area contributed by atoms with Crippen LogP contribution in [0.1, 0.15) is 5.56 Å². The molecule has 2 aromatic rings. The number of nitrogens with one attached hydrogen (secondary N) is 1. The lowest BCUT2D eigenvalue weighted by atomic mass is 10.3. The molecule has 0 fully saturated rings. The van der Waals surface area contributed by atoms with Crippen LogP contribution in [0.25, 0.3) is 6.08 Å². The van der Waals surface area contributed by atoms with E-state index in [1.807, 2.05) is 16.8 Å². The van der Waals surface area contributed by atoms with Crippen molar-refractivity contribution in [1.29, 1.82) is 0 Å². The van der Waals surface area contributed by atoms with E-state index in [9.17, 15) is 14.0 Å². The summed E-state index contributed by atoms with van der Waals surface area (Å²) in [7, 11) is 0. The maximum Gasteiger partial charge on any atom is 0.331 e. The van der Waals surface area contributed by atoms with Gasteiger partial charge in [0.1, 0.15) is 5.82 Å². The first-order valence-electron chi connectivity index (χ1n) is 6.16. The van der Waals surface area contributed by atoms with Crippen LogP contribution in [0.3, 0.4) is 0 Å². The third-order valence-electron chi connectivity index (χ3n) is 2.51. The number of thiophene rings is 1. The van der Waals surface area contributed by atoms with Crippen LogP contribution in [0, 0.1) is 5.82 Å². The van der Waals surface area contributed by atoms with E-state index < -0.39 is 24.3 Å². The van der Waals surface area contributed by atoms with Gasteiger partial charge in [0, 0.05) is 10.5 Å². The summed E-state index contributed by atoms with van der Waals surface area (Å²) in [4.78, 5) is 23.0. The fourth-order valence-corrected chi connectivity index (χ4v) is 2.46. The van der Waals surface area contributed by atoms with Crippen molar-refractivity contribution < 1.29 is 18.7 Å². The Bertz CT molecular complexity index is 701. The number of carbonyl (C=O) groups excluding carboxylic acids is 2. The van der Waals surface area contributed by atoms with Gasteiger partial charge in [0.25, 0.3) is 5.91 Å². The van der Waals surface area contributed by atoms with E-state index in [0.717, 1.165) is 5.56 Å². The Kier molecular flexibility index (Phi) is 5.85. The summed E-state index contributed by atoms with van der Waals surface area (Å²) >= 11 is 4.62. The Morgan fingerprint density at radius 2 is 2.18 bits per heavy atom. The smallest absolute Gasteiger partial charge is 0.331 e. The molecule has 0 aliphatic heterocycles. The predicted molar refractivity (Wildman–Crippen MR) is 87.0 cm³/mol. The van der Waals surface area contributed by atoms with Gasteiger partial charge in [-0.1, -0.05) is 15.9 Å². The number of halogens is 2. The summed E-state index contributed by atoms with van der Waals surface area (Å²) in [6.07, 6.45) is 2.82. The van der Waals surface area contributed by atoms with Crippen molar-refractivity contribution in [3.8, 4) is 0 Å². The molecule has 0 aliphatic rings. The number of hydrogen-bond donors (Lipinski definition) is 1. The minimum Gasteiger partial charge on any atom is -0.452 e. The van der Waals surface area contributed by atoms with Crippen molar-refractivity contribution in [1.82, 2.24) is 0 Å². The highest BCUT2D eigenvalue weighted by Gasteiger charge is 2.09. The number of esters is 1. The third kappa shape index (κ3) is 5.09. The summed E-state index contributed by atoms with van der Waals surface area (Å²) < 4.78 is 18.9. The molecule has 4 nitrogen and oxygen atoms in total. The first-order chi connectivity index (χ1) is 10.5. The minimum atomic E-state index is -0.641. The monoisotopic (exact) mass is 383 g/mol. The van der Waals surface area contributed by atoms with E-state index in [1.165, 1.54) is 29.5 Å². The van der Waals surface area contributed by atoms with Gasteiger partial charge in [-0.15, -0.1) is 0 Å². The van der Waals surface area contributed by atoms with E-state index in [-0.39, 0.29) is 5.69 Å². The number of anilines is 1. The lowest BCUT2D eigenvalue weighted by Crippen LogP contribution is -2.20. The van der Waals surface area contributed by atoms with Gasteiger partial charge in [-0.2, -0.15) is 11.3 Å². The molecule has 1 aromatic carbocycles. The zero-order valence-corrected chi connectivity index (χ0v) is 13.6. The molecular formula is C15H11BrFNO3S. The van der Waals surface area contributed by atoms with Crippen LogP contribution in [-0.4, -0.2) is 18.5 Å². The Labute approximate surface area is 138 Å². The molecule has 1 amide bonds. The Hall–Kier alpha value is -1.99. The molecule has 1 N–H and O–H groups in total. The van der Waals surface area contributed by atoms with Crippen LogP contribution >= 0.6 is 27.3 Å². The van der Waals surface area contributed by atoms with Crippen LogP contribution in [0.15, 0.2) is 45.6 Å². The molecule has 0 saturated carbocycles. The quantitative estimate of drug-likeness (QED) is 0.630. The second-order valence-corrected chi connectivity index (χ2v) is 5.87. The predicted octanol–water partition coefficient (Wildman–Crippen LogP) is 3.84. The van der Waals surface area contributed by atoms with Gasteiger partial charge in [-0.05, 0) is 46.7 Å². The fourth-order valence-electron chi connectivity index (χ4n) is 1.50. The van der Waals surface area contributed by atoms with E-state index >= 15 is 0 Å². The molecule has 7 heteroatoms. The molecule has 0 saturated heterocycles. The van der Waals surface area contributed by atoms with Crippen molar-refractivity contribution in [3.63, 3.8) is 0 Å². The summed E-state index contributed by atoms with van der Waals surface area (Å²) in [5.41, 5.74) is 0.904. The second-order valence-electron chi connectivity index (χ2n) is 4.17. The van der Waals surface area contributed by atoms with Gasteiger partial charge in [-0.3, -0.25) is 4.79 Å². The zero-order chi connectivity index (χ0) is 15.9. The summed E-state index contributed by atoms with van der Waals surface area (Å²) in [5.74, 6) is -1.83. The fraction of sp³-hybridized carbons (Fsp3) is 0.0667. The number of amides is 1. The molecule has 0 aliphatic carbocycles. The van der Waals surface area contributed by atoms with E-state index in [0.29, 0.717) is 4.47 Å². The van der Waals surface area contributed by atoms with Gasteiger partial charge < -0.3 is 10.1 Å². The second kappa shape index (κ2) is 7.86. The molecule has 0 bridgehead atoms. The molecule has 1 heterocycles. The van der Waals surface area contributed by atoms with Gasteiger partial charge in [-0.25, -0.2) is 9.18 Å². The Morgan fingerprint density at radius 1 is 1.36 bits per heavy atom. The van der Waals surface area contributed by atoms with E-state index in [1.54, 1.807) is 12.1 Å². The number of ether oxygens (including phenoxy) is 1. The molecule has 22 heavy (non-hydrogen) atoms. The van der Waals surface area contributed by atoms with E-state index in [4.69, 9.17) is 4.74 Å². The SMILES string of the molecule is O=C(COC(=O)/C=C/c1ccsc1)Nc1ccc(Br)cc1F. The maximum absolute atomic E-state index is 13.5. The number of benzene rings is 1. The highest BCUT2D eigenvalue weighted by atomic mass is 79.9. The molecular weight excluding hydrogens is 373 g/mol. The Morgan fingerprint density at radius 3 is 2.86 bits per heavy atom. The minimum absolute atomic E-state index is 0.0260. The lowest BCUT2D eigenvalue weighted by Gasteiger charge is -2.06. The molecule has 0 atom stereocenters. The molecule has 2 rings (SSSR count). The average molecular weight is 384 g/mol. The number of carbonyl (C=O) groups is 2. The van der Waals surface area contributed by atoms with Crippen molar-refractivity contribution >= 4 is 50.9 Å². The summed E-state index contributed by atoms with van der Waals surface area (Å²) in [6, 6.07) is 6.08. The molecule has 0 radical (unpaired) electrons. The molecule has 0 spiro atoms. The topological polar surface area (TPSA) is 55.4 Å². The van der Waals surface area contributed by atoms with Crippen molar-refractivity contribution in [2.24, 2.45) is 0 Å². The van der Waals surface area contributed by atoms with Crippen molar-refractivity contribution in [2.45, 2.75) is 0 Å². The van der Waals surface area contributed by atoms with Crippen LogP contribution in [0.5, 0.6) is 0 Å². The van der Waals surface area contributed by atoms with Gasteiger partial charge >= 0.3 is 5.97 Å². The Balaban J connectivity index is 1.81. The number of rotatable bonds is 5. The molecule has 0 unspecified atom stereocenters. The van der Waals surface area contributed by atoms with Crippen LogP contribution in [0.2, 0.25) is 0 Å². The largest absolute Gasteiger partial charge is 0.452 e. The highest BCUT2D eigenvalue weighted by molar-refractivity contribution is 9.10. The van der Waals surface area contributed by atoms with Crippen molar-refractivity contribution in [3.05, 3.63) is 57.0 Å². The standard InChI is InChI=1S/C15H11BrFNO3S/c16-11-2-3-13(12(17)7-11)18-14(19)8-21-15(20)4-1-10-5-6-22-9-10/h1-7,9H,8H2,(H,18,19)/b4-1+. The van der Waals surface area contributed by atoms with Gasteiger partial charge in [0.05, 0.1) is 5.69 Å². The third-order valence-corrected chi connectivity index (χ3v) is 3.70. The average Bonchev–Trinajstić information content (AvgIpc) is 2.99. The normalized spacial score (nSPS) is 10.6. The highest BCUT2D eigenvalue weighted by Crippen LogP contribution is 2.19. The number of hydrogen-bond acceptors (Lipinski definition) is 4. The lowest BCUT2D eigenvalue weighted by molar-refractivity contribution is -0.142. The van der Waals surface area contributed by atoms with Crippen LogP contribution in [-0.2, 0) is 14.3 Å². The van der Waals surface area contributed by atoms with Gasteiger partial charge in [0.2, 0.25) is 0 Å². The first-order valence-corrected chi connectivity index (χ1v) is 7.90. The molecule has 114 valence electrons. The summed E-state index contributed by atoms with van der Waals surface area (Å²) in [6.45, 7) is -0.484. The van der Waals surface area contributed by atoms with Crippen molar-refractivity contribution in [2.75, 3.05) is 11.9 Å². The summed E-state index contributed by atoms with van der Waals surface area (Å²) in [5, 5.41) is 6.08. The van der Waals surface area contributed by atoms with Gasteiger partial charge in [0.15, 0.2) is 6.61 Å². The van der Waals surface area contributed by atoms with E-state index in [2.05, 4.69) is 21.2 Å². The van der Waals surface area contributed by atoms with Crippen LogP contribution in [0.4, 0.5) is 10.1 Å². The zero-order valence-electron chi connectivity index (χ0n) is 11.2. The maximum atomic E-state index is 13.5. The van der Waals surface area contributed by atoms with Crippen LogP contribution < -0.4 is 5.32 Å².